The molecule has 0 aliphatic rings. The Balaban J connectivity index is 2.17. The molecule has 0 unspecified atom stereocenters. The van der Waals surface area contributed by atoms with Gasteiger partial charge >= 0.3 is 5.97 Å². The van der Waals surface area contributed by atoms with E-state index in [1.54, 1.807) is 6.07 Å². The number of carbonyl (C=O) groups excluding carboxylic acids is 1. The zero-order chi connectivity index (χ0) is 14.1. The van der Waals surface area contributed by atoms with Crippen LogP contribution in [0.3, 0.4) is 0 Å². The number of carboxylic acid groups (broad SMARTS) is 1. The summed E-state index contributed by atoms with van der Waals surface area (Å²) in [5.74, 6) is -1.19. The molecular formula is C12H17NO5S. The van der Waals surface area contributed by atoms with Crippen molar-refractivity contribution < 1.29 is 24.2 Å². The molecule has 0 spiro atoms. The van der Waals surface area contributed by atoms with Crippen molar-refractivity contribution in [2.24, 2.45) is 0 Å². The molecule has 106 valence electrons. The van der Waals surface area contributed by atoms with Gasteiger partial charge in [-0.2, -0.15) is 0 Å². The lowest BCUT2D eigenvalue weighted by Crippen LogP contribution is -2.27. The van der Waals surface area contributed by atoms with Crippen LogP contribution < -0.4 is 5.32 Å². The summed E-state index contributed by atoms with van der Waals surface area (Å²) in [6.45, 7) is 3.65. The molecule has 0 saturated heterocycles. The lowest BCUT2D eigenvalue weighted by molar-refractivity contribution is -0.126. The van der Waals surface area contributed by atoms with Crippen molar-refractivity contribution in [1.29, 1.82) is 0 Å². The maximum absolute atomic E-state index is 11.4. The predicted molar refractivity (Wildman–Crippen MR) is 70.4 cm³/mol. The fourth-order valence-corrected chi connectivity index (χ4v) is 2.04. The van der Waals surface area contributed by atoms with Crippen LogP contribution in [0.4, 0.5) is 0 Å². The maximum atomic E-state index is 11.4. The second-order valence-corrected chi connectivity index (χ2v) is 4.77. The van der Waals surface area contributed by atoms with Crippen LogP contribution in [0.2, 0.25) is 0 Å². The van der Waals surface area contributed by atoms with Crippen LogP contribution in [-0.4, -0.2) is 43.4 Å². The molecule has 0 radical (unpaired) electrons. The summed E-state index contributed by atoms with van der Waals surface area (Å²) in [7, 11) is 0. The van der Waals surface area contributed by atoms with Crippen molar-refractivity contribution in [3.63, 3.8) is 0 Å². The lowest BCUT2D eigenvalue weighted by Gasteiger charge is -2.05. The molecule has 0 atom stereocenters. The fourth-order valence-electron chi connectivity index (χ4n) is 1.25. The number of nitrogens with one attached hydrogen (secondary N) is 1. The minimum atomic E-state index is -0.957. The highest BCUT2D eigenvalue weighted by molar-refractivity contribution is 7.13. The van der Waals surface area contributed by atoms with Crippen LogP contribution in [0.5, 0.6) is 0 Å². The molecule has 6 nitrogen and oxygen atoms in total. The van der Waals surface area contributed by atoms with Crippen LogP contribution in [0.25, 0.3) is 0 Å². The van der Waals surface area contributed by atoms with Crippen LogP contribution >= 0.6 is 11.3 Å². The Morgan fingerprint density at radius 1 is 1.32 bits per heavy atom. The van der Waals surface area contributed by atoms with E-state index in [4.69, 9.17) is 14.6 Å². The van der Waals surface area contributed by atoms with Gasteiger partial charge in [-0.05, 0) is 19.1 Å². The summed E-state index contributed by atoms with van der Waals surface area (Å²) >= 11 is 1.14. The summed E-state index contributed by atoms with van der Waals surface area (Å²) in [5.41, 5.74) is 0. The summed E-state index contributed by atoms with van der Waals surface area (Å²) in [6, 6.07) is 3.21. The third-order valence-electron chi connectivity index (χ3n) is 2.14. The molecule has 0 fully saturated rings. The van der Waals surface area contributed by atoms with Crippen LogP contribution in [0.15, 0.2) is 12.1 Å². The van der Waals surface area contributed by atoms with E-state index in [-0.39, 0.29) is 17.4 Å². The number of amides is 1. The van der Waals surface area contributed by atoms with Gasteiger partial charge in [0.15, 0.2) is 0 Å². The lowest BCUT2D eigenvalue weighted by atomic mass is 10.4. The normalized spacial score (nSPS) is 10.4. The first kappa shape index (κ1) is 15.6. The topological polar surface area (TPSA) is 84.9 Å². The van der Waals surface area contributed by atoms with Gasteiger partial charge < -0.3 is 19.9 Å². The number of aromatic carboxylic acids is 1. The Morgan fingerprint density at radius 2 is 2.05 bits per heavy atom. The quantitative estimate of drug-likeness (QED) is 0.665. The number of hydrogen-bond donors (Lipinski definition) is 2. The number of carbonyl (C=O) groups is 2. The first-order valence-corrected chi connectivity index (χ1v) is 6.69. The van der Waals surface area contributed by atoms with Crippen molar-refractivity contribution >= 4 is 23.2 Å². The van der Waals surface area contributed by atoms with E-state index in [0.29, 0.717) is 26.4 Å². The van der Waals surface area contributed by atoms with Gasteiger partial charge in [-0.25, -0.2) is 4.79 Å². The molecule has 0 aliphatic heterocycles. The van der Waals surface area contributed by atoms with E-state index < -0.39 is 5.97 Å². The molecule has 19 heavy (non-hydrogen) atoms. The zero-order valence-corrected chi connectivity index (χ0v) is 11.5. The molecule has 0 aliphatic carbocycles. The average molecular weight is 287 g/mol. The molecule has 0 saturated carbocycles. The van der Waals surface area contributed by atoms with Crippen LogP contribution in [0, 0.1) is 0 Å². The molecule has 1 aromatic rings. The van der Waals surface area contributed by atoms with Gasteiger partial charge in [0.05, 0.1) is 19.8 Å². The predicted octanol–water partition coefficient (Wildman–Crippen LogP) is 1.12. The summed E-state index contributed by atoms with van der Waals surface area (Å²) < 4.78 is 10.2. The second-order valence-electron chi connectivity index (χ2n) is 3.60. The van der Waals surface area contributed by atoms with Gasteiger partial charge in [0.1, 0.15) is 11.5 Å². The standard InChI is InChI=1S/C12H17NO5S/c1-2-17-5-6-18-8-11(14)13-7-9-3-4-10(19-9)12(15)16/h3-4H,2,5-8H2,1H3,(H,13,14)(H,15,16). The van der Waals surface area contributed by atoms with E-state index in [1.807, 2.05) is 6.92 Å². The van der Waals surface area contributed by atoms with Gasteiger partial charge in [0.25, 0.3) is 0 Å². The van der Waals surface area contributed by atoms with E-state index in [2.05, 4.69) is 5.32 Å². The Bertz CT molecular complexity index is 418. The van der Waals surface area contributed by atoms with Crippen molar-refractivity contribution in [2.75, 3.05) is 26.4 Å². The highest BCUT2D eigenvalue weighted by atomic mass is 32.1. The Kier molecular flexibility index (Phi) is 7.09. The second kappa shape index (κ2) is 8.63. The van der Waals surface area contributed by atoms with Gasteiger partial charge in [-0.1, -0.05) is 0 Å². The van der Waals surface area contributed by atoms with Crippen molar-refractivity contribution in [1.82, 2.24) is 5.32 Å². The molecule has 1 amide bonds. The van der Waals surface area contributed by atoms with Gasteiger partial charge in [-0.15, -0.1) is 11.3 Å². The molecule has 1 heterocycles. The van der Waals surface area contributed by atoms with E-state index >= 15 is 0 Å². The molecule has 0 bridgehead atoms. The molecule has 7 heteroatoms. The maximum Gasteiger partial charge on any atom is 0.345 e. The first-order valence-electron chi connectivity index (χ1n) is 5.87. The molecule has 0 aromatic carbocycles. The number of thiophene rings is 1. The minimum Gasteiger partial charge on any atom is -0.477 e. The molecular weight excluding hydrogens is 270 g/mol. The van der Waals surface area contributed by atoms with Gasteiger partial charge in [-0.3, -0.25) is 4.79 Å². The summed E-state index contributed by atoms with van der Waals surface area (Å²) in [5, 5.41) is 11.4. The van der Waals surface area contributed by atoms with E-state index in [9.17, 15) is 9.59 Å². The SMILES string of the molecule is CCOCCOCC(=O)NCc1ccc(C(=O)O)s1. The van der Waals surface area contributed by atoms with Crippen molar-refractivity contribution in [3.05, 3.63) is 21.9 Å². The highest BCUT2D eigenvalue weighted by Crippen LogP contribution is 2.15. The summed E-state index contributed by atoms with van der Waals surface area (Å²) in [6.07, 6.45) is 0. The number of hydrogen-bond acceptors (Lipinski definition) is 5. The van der Waals surface area contributed by atoms with Crippen molar-refractivity contribution in [2.45, 2.75) is 13.5 Å². The Morgan fingerprint density at radius 3 is 2.68 bits per heavy atom. The minimum absolute atomic E-state index is 0.0236. The highest BCUT2D eigenvalue weighted by Gasteiger charge is 2.07. The average Bonchev–Trinajstić information content (AvgIpc) is 2.85. The molecule has 2 N–H and O–H groups in total. The molecule has 1 aromatic heterocycles. The van der Waals surface area contributed by atoms with Crippen molar-refractivity contribution in [3.8, 4) is 0 Å². The largest absolute Gasteiger partial charge is 0.477 e. The smallest absolute Gasteiger partial charge is 0.345 e. The summed E-state index contributed by atoms with van der Waals surface area (Å²) in [4.78, 5) is 23.1. The fraction of sp³-hybridized carbons (Fsp3) is 0.500. The van der Waals surface area contributed by atoms with Gasteiger partial charge in [0, 0.05) is 11.5 Å². The monoisotopic (exact) mass is 287 g/mol. The van der Waals surface area contributed by atoms with E-state index in [1.165, 1.54) is 6.07 Å². The Labute approximate surface area is 115 Å². The molecule has 1 rings (SSSR count). The van der Waals surface area contributed by atoms with E-state index in [0.717, 1.165) is 16.2 Å². The number of carboxylic acids is 1. The van der Waals surface area contributed by atoms with Crippen LogP contribution in [-0.2, 0) is 20.8 Å². The first-order chi connectivity index (χ1) is 9.13. The van der Waals surface area contributed by atoms with Crippen LogP contribution in [0.1, 0.15) is 21.5 Å². The zero-order valence-electron chi connectivity index (χ0n) is 10.7. The number of ether oxygens (including phenoxy) is 2. The Hall–Kier alpha value is -1.44. The third kappa shape index (κ3) is 6.32. The van der Waals surface area contributed by atoms with Gasteiger partial charge in [0.2, 0.25) is 5.91 Å². The number of rotatable bonds is 9. The third-order valence-corrected chi connectivity index (χ3v) is 3.21.